The number of rotatable bonds is 8. The van der Waals surface area contributed by atoms with Crippen LogP contribution in [0.25, 0.3) is 0 Å². The Kier molecular flexibility index (Phi) is 7.33. The number of hydrogen-bond donors (Lipinski definition) is 2. The Bertz CT molecular complexity index is 298. The Labute approximate surface area is 109 Å². The molecule has 1 aromatic carbocycles. The quantitative estimate of drug-likeness (QED) is 0.552. The van der Waals surface area contributed by atoms with Crippen LogP contribution in [0.2, 0.25) is 0 Å². The summed E-state index contributed by atoms with van der Waals surface area (Å²) in [6.45, 7) is 6.58. The Morgan fingerprint density at radius 1 is 1.18 bits per heavy atom. The lowest BCUT2D eigenvalue weighted by molar-refractivity contribution is 0.286. The smallest absolute Gasteiger partial charge is 0.0443 e. The van der Waals surface area contributed by atoms with E-state index in [2.05, 4.69) is 43.4 Å². The van der Waals surface area contributed by atoms with Crippen LogP contribution in [0.15, 0.2) is 29.2 Å². The van der Waals surface area contributed by atoms with E-state index in [0.717, 1.165) is 25.9 Å². The Hall–Kier alpha value is -0.510. The molecule has 0 unspecified atom stereocenters. The molecule has 0 bridgehead atoms. The predicted molar refractivity (Wildman–Crippen MR) is 75.7 cm³/mol. The summed E-state index contributed by atoms with van der Waals surface area (Å²) in [6, 6.07) is 8.82. The fraction of sp³-hybridized carbons (Fsp3) is 0.571. The van der Waals surface area contributed by atoms with E-state index in [1.165, 1.54) is 10.5 Å². The van der Waals surface area contributed by atoms with Crippen molar-refractivity contribution < 1.29 is 5.11 Å². The van der Waals surface area contributed by atoms with Gasteiger partial charge in [-0.2, -0.15) is 0 Å². The molecule has 0 saturated heterocycles. The molecule has 3 heteroatoms. The highest BCUT2D eigenvalue weighted by Gasteiger charge is 1.98. The van der Waals surface area contributed by atoms with Crippen LogP contribution in [0.3, 0.4) is 0 Å². The van der Waals surface area contributed by atoms with Crippen molar-refractivity contribution in [1.82, 2.24) is 5.32 Å². The van der Waals surface area contributed by atoms with Crippen molar-refractivity contribution in [2.75, 3.05) is 19.7 Å². The molecule has 0 aromatic heterocycles. The second kappa shape index (κ2) is 8.56. The summed E-state index contributed by atoms with van der Waals surface area (Å²) in [5.74, 6) is 0. The van der Waals surface area contributed by atoms with Gasteiger partial charge >= 0.3 is 0 Å². The number of aliphatic hydroxyl groups excluding tert-OH is 1. The summed E-state index contributed by atoms with van der Waals surface area (Å²) in [5, 5.41) is 12.6. The summed E-state index contributed by atoms with van der Waals surface area (Å²) < 4.78 is 0. The lowest BCUT2D eigenvalue weighted by Crippen LogP contribution is -2.19. The number of nitrogens with one attached hydrogen (secondary N) is 1. The number of thioether (sulfide) groups is 1. The maximum absolute atomic E-state index is 8.64. The van der Waals surface area contributed by atoms with Crippen LogP contribution >= 0.6 is 11.8 Å². The average molecular weight is 253 g/mol. The molecule has 1 aromatic rings. The van der Waals surface area contributed by atoms with Crippen LogP contribution in [0, 0.1) is 0 Å². The first kappa shape index (κ1) is 14.6. The van der Waals surface area contributed by atoms with Gasteiger partial charge in [0, 0.05) is 16.8 Å². The second-order valence-corrected chi connectivity index (χ2v) is 6.04. The fourth-order valence-corrected chi connectivity index (χ4v) is 2.41. The molecule has 0 atom stereocenters. The van der Waals surface area contributed by atoms with Crippen LogP contribution < -0.4 is 5.32 Å². The zero-order valence-electron chi connectivity index (χ0n) is 10.8. The minimum Gasteiger partial charge on any atom is -0.396 e. The maximum atomic E-state index is 8.64. The molecular weight excluding hydrogens is 230 g/mol. The van der Waals surface area contributed by atoms with Gasteiger partial charge in [0.2, 0.25) is 0 Å². The lowest BCUT2D eigenvalue weighted by Gasteiger charge is -2.07. The van der Waals surface area contributed by atoms with Crippen molar-refractivity contribution in [2.24, 2.45) is 0 Å². The highest BCUT2D eigenvalue weighted by Crippen LogP contribution is 2.22. The van der Waals surface area contributed by atoms with Crippen LogP contribution in [0.5, 0.6) is 0 Å². The van der Waals surface area contributed by atoms with Crippen molar-refractivity contribution in [1.29, 1.82) is 0 Å². The summed E-state index contributed by atoms with van der Waals surface area (Å²) >= 11 is 1.90. The highest BCUT2D eigenvalue weighted by molar-refractivity contribution is 7.99. The number of hydrogen-bond acceptors (Lipinski definition) is 3. The summed E-state index contributed by atoms with van der Waals surface area (Å²) in [5.41, 5.74) is 1.37. The first-order valence-corrected chi connectivity index (χ1v) is 7.17. The SMILES string of the molecule is CC(C)Sc1ccc(CCNCCCO)cc1. The van der Waals surface area contributed by atoms with E-state index in [-0.39, 0.29) is 6.61 Å². The Morgan fingerprint density at radius 2 is 1.88 bits per heavy atom. The molecule has 2 N–H and O–H groups in total. The molecule has 0 radical (unpaired) electrons. The molecule has 1 rings (SSSR count). The number of aliphatic hydroxyl groups is 1. The van der Waals surface area contributed by atoms with Gasteiger partial charge in [-0.1, -0.05) is 26.0 Å². The third kappa shape index (κ3) is 6.71. The Morgan fingerprint density at radius 3 is 2.47 bits per heavy atom. The van der Waals surface area contributed by atoms with Gasteiger partial charge in [0.05, 0.1) is 0 Å². The van der Waals surface area contributed by atoms with E-state index in [0.29, 0.717) is 5.25 Å². The molecule has 0 fully saturated rings. The lowest BCUT2D eigenvalue weighted by atomic mass is 10.1. The van der Waals surface area contributed by atoms with Crippen molar-refractivity contribution in [3.63, 3.8) is 0 Å². The van der Waals surface area contributed by atoms with Crippen LogP contribution in [-0.2, 0) is 6.42 Å². The monoisotopic (exact) mass is 253 g/mol. The standard InChI is InChI=1S/C14H23NOS/c1-12(2)17-14-6-4-13(5-7-14)8-10-15-9-3-11-16/h4-7,12,15-16H,3,8-11H2,1-2H3. The molecule has 2 nitrogen and oxygen atoms in total. The molecule has 0 spiro atoms. The Balaban J connectivity index is 2.25. The van der Waals surface area contributed by atoms with Gasteiger partial charge in [-0.3, -0.25) is 0 Å². The normalized spacial score (nSPS) is 11.1. The second-order valence-electron chi connectivity index (χ2n) is 4.39. The summed E-state index contributed by atoms with van der Waals surface area (Å²) in [4.78, 5) is 1.34. The largest absolute Gasteiger partial charge is 0.396 e. The molecule has 0 aliphatic heterocycles. The van der Waals surface area contributed by atoms with E-state index >= 15 is 0 Å². The minimum atomic E-state index is 0.272. The van der Waals surface area contributed by atoms with Gasteiger partial charge in [-0.25, -0.2) is 0 Å². The van der Waals surface area contributed by atoms with Crippen LogP contribution in [0.1, 0.15) is 25.8 Å². The summed E-state index contributed by atoms with van der Waals surface area (Å²) in [7, 11) is 0. The molecular formula is C14H23NOS. The van der Waals surface area contributed by atoms with Gasteiger partial charge in [-0.15, -0.1) is 11.8 Å². The molecule has 0 saturated carbocycles. The van der Waals surface area contributed by atoms with Crippen LogP contribution in [-0.4, -0.2) is 30.1 Å². The molecule has 0 amide bonds. The first-order valence-electron chi connectivity index (χ1n) is 6.29. The fourth-order valence-electron chi connectivity index (χ4n) is 1.57. The van der Waals surface area contributed by atoms with E-state index in [4.69, 9.17) is 5.11 Å². The van der Waals surface area contributed by atoms with Crippen molar-refractivity contribution in [3.05, 3.63) is 29.8 Å². The zero-order chi connectivity index (χ0) is 12.5. The van der Waals surface area contributed by atoms with E-state index in [1.807, 2.05) is 11.8 Å². The minimum absolute atomic E-state index is 0.272. The molecule has 0 aliphatic rings. The molecule has 0 aliphatic carbocycles. The maximum Gasteiger partial charge on any atom is 0.0443 e. The van der Waals surface area contributed by atoms with Gasteiger partial charge in [0.25, 0.3) is 0 Å². The van der Waals surface area contributed by atoms with Crippen molar-refractivity contribution in [3.8, 4) is 0 Å². The molecule has 96 valence electrons. The third-order valence-electron chi connectivity index (χ3n) is 2.40. The third-order valence-corrected chi connectivity index (χ3v) is 3.41. The van der Waals surface area contributed by atoms with Crippen molar-refractivity contribution in [2.45, 2.75) is 36.8 Å². The van der Waals surface area contributed by atoms with E-state index in [1.54, 1.807) is 0 Å². The van der Waals surface area contributed by atoms with Gasteiger partial charge in [0.15, 0.2) is 0 Å². The number of benzene rings is 1. The van der Waals surface area contributed by atoms with E-state index < -0.39 is 0 Å². The molecule has 0 heterocycles. The predicted octanol–water partition coefficient (Wildman–Crippen LogP) is 2.70. The van der Waals surface area contributed by atoms with Crippen molar-refractivity contribution >= 4 is 11.8 Å². The topological polar surface area (TPSA) is 32.3 Å². The van der Waals surface area contributed by atoms with E-state index in [9.17, 15) is 0 Å². The zero-order valence-corrected chi connectivity index (χ0v) is 11.6. The molecule has 17 heavy (non-hydrogen) atoms. The van der Waals surface area contributed by atoms with Gasteiger partial charge < -0.3 is 10.4 Å². The van der Waals surface area contributed by atoms with Crippen LogP contribution in [0.4, 0.5) is 0 Å². The average Bonchev–Trinajstić information content (AvgIpc) is 2.30. The van der Waals surface area contributed by atoms with Gasteiger partial charge in [-0.05, 0) is 43.6 Å². The van der Waals surface area contributed by atoms with Gasteiger partial charge in [0.1, 0.15) is 0 Å². The highest BCUT2D eigenvalue weighted by atomic mass is 32.2. The first-order chi connectivity index (χ1) is 8.22. The summed E-state index contributed by atoms with van der Waals surface area (Å²) in [6.07, 6.45) is 1.89.